The molecule has 1 aliphatic heterocycles. The lowest BCUT2D eigenvalue weighted by Crippen LogP contribution is -2.32. The van der Waals surface area contributed by atoms with Gasteiger partial charge in [0.15, 0.2) is 0 Å². The average Bonchev–Trinajstić information content (AvgIpc) is 2.53. The first-order valence-corrected chi connectivity index (χ1v) is 5.27. The number of rotatable bonds is 2. The number of aliphatic hydroxyl groups excluding tert-OH is 1. The largest absolute Gasteiger partial charge is 0.386 e. The van der Waals surface area contributed by atoms with Gasteiger partial charge in [0, 0.05) is 24.5 Å². The molecule has 0 aliphatic carbocycles. The quantitative estimate of drug-likeness (QED) is 0.727. The van der Waals surface area contributed by atoms with Gasteiger partial charge in [-0.2, -0.15) is 0 Å². The summed E-state index contributed by atoms with van der Waals surface area (Å²) in [6.45, 7) is 6.24. The summed E-state index contributed by atoms with van der Waals surface area (Å²) in [4.78, 5) is 3.34. The first kappa shape index (κ1) is 8.94. The molecule has 13 heavy (non-hydrogen) atoms. The van der Waals surface area contributed by atoms with Gasteiger partial charge in [-0.25, -0.2) is 0 Å². The Morgan fingerprint density at radius 3 is 3.38 bits per heavy atom. The van der Waals surface area contributed by atoms with Gasteiger partial charge >= 0.3 is 0 Å². The standard InChI is InChI=1S/C10H13NOS/c1-2-4-11-6-8-3-5-13-10(8)9(12)7-11/h2-3,5,9,12H,1,4,6-7H2. The predicted molar refractivity (Wildman–Crippen MR) is 54.8 cm³/mol. The van der Waals surface area contributed by atoms with Gasteiger partial charge in [0.25, 0.3) is 0 Å². The summed E-state index contributed by atoms with van der Waals surface area (Å²) < 4.78 is 0. The average molecular weight is 195 g/mol. The zero-order valence-electron chi connectivity index (χ0n) is 7.44. The van der Waals surface area contributed by atoms with Crippen molar-refractivity contribution < 1.29 is 5.11 Å². The lowest BCUT2D eigenvalue weighted by molar-refractivity contribution is 0.103. The van der Waals surface area contributed by atoms with E-state index >= 15 is 0 Å². The van der Waals surface area contributed by atoms with Crippen LogP contribution in [-0.2, 0) is 6.54 Å². The van der Waals surface area contributed by atoms with Crippen molar-refractivity contribution in [1.82, 2.24) is 4.90 Å². The molecule has 0 saturated carbocycles. The molecular weight excluding hydrogens is 182 g/mol. The van der Waals surface area contributed by atoms with Crippen LogP contribution in [0.3, 0.4) is 0 Å². The number of hydrogen-bond acceptors (Lipinski definition) is 3. The molecule has 1 aromatic heterocycles. The normalized spacial score (nSPS) is 22.7. The van der Waals surface area contributed by atoms with E-state index in [2.05, 4.69) is 17.5 Å². The van der Waals surface area contributed by atoms with Crippen LogP contribution in [-0.4, -0.2) is 23.1 Å². The Hall–Kier alpha value is -0.640. The molecule has 0 radical (unpaired) electrons. The number of β-amino-alcohol motifs (C(OH)–C–C–N with tert-alkyl or cyclic N) is 1. The van der Waals surface area contributed by atoms with Gasteiger partial charge < -0.3 is 5.11 Å². The van der Waals surface area contributed by atoms with E-state index in [1.54, 1.807) is 11.3 Å². The van der Waals surface area contributed by atoms with Gasteiger partial charge in [-0.05, 0) is 17.0 Å². The third-order valence-corrected chi connectivity index (χ3v) is 3.36. The van der Waals surface area contributed by atoms with Crippen molar-refractivity contribution in [2.75, 3.05) is 13.1 Å². The van der Waals surface area contributed by atoms with Gasteiger partial charge in [-0.15, -0.1) is 17.9 Å². The van der Waals surface area contributed by atoms with Crippen LogP contribution >= 0.6 is 11.3 Å². The van der Waals surface area contributed by atoms with E-state index in [-0.39, 0.29) is 6.10 Å². The molecule has 0 aromatic carbocycles. The van der Waals surface area contributed by atoms with Crippen molar-refractivity contribution in [1.29, 1.82) is 0 Å². The van der Waals surface area contributed by atoms with Crippen molar-refractivity contribution in [3.8, 4) is 0 Å². The van der Waals surface area contributed by atoms with E-state index in [9.17, 15) is 5.11 Å². The molecule has 70 valence electrons. The van der Waals surface area contributed by atoms with E-state index in [0.717, 1.165) is 24.5 Å². The maximum Gasteiger partial charge on any atom is 0.101 e. The highest BCUT2D eigenvalue weighted by molar-refractivity contribution is 7.10. The van der Waals surface area contributed by atoms with Crippen molar-refractivity contribution in [2.45, 2.75) is 12.6 Å². The second kappa shape index (κ2) is 3.62. The summed E-state index contributed by atoms with van der Waals surface area (Å²) in [5, 5.41) is 11.8. The molecule has 1 N–H and O–H groups in total. The number of nitrogens with zero attached hydrogens (tertiary/aromatic N) is 1. The number of hydrogen-bond donors (Lipinski definition) is 1. The molecule has 1 aromatic rings. The van der Waals surface area contributed by atoms with Gasteiger partial charge in [0.05, 0.1) is 0 Å². The van der Waals surface area contributed by atoms with Crippen LogP contribution in [0.25, 0.3) is 0 Å². The summed E-state index contributed by atoms with van der Waals surface area (Å²) in [6.07, 6.45) is 1.58. The van der Waals surface area contributed by atoms with E-state index < -0.39 is 0 Å². The van der Waals surface area contributed by atoms with Crippen LogP contribution in [0, 0.1) is 0 Å². The van der Waals surface area contributed by atoms with Crippen LogP contribution in [0.5, 0.6) is 0 Å². The number of aliphatic hydroxyl groups is 1. The van der Waals surface area contributed by atoms with E-state index in [4.69, 9.17) is 0 Å². The number of thiophene rings is 1. The van der Waals surface area contributed by atoms with Crippen LogP contribution < -0.4 is 0 Å². The molecule has 2 nitrogen and oxygen atoms in total. The minimum Gasteiger partial charge on any atom is -0.386 e. The van der Waals surface area contributed by atoms with Gasteiger partial charge in [0.1, 0.15) is 6.10 Å². The molecule has 2 rings (SSSR count). The van der Waals surface area contributed by atoms with Crippen LogP contribution in [0.4, 0.5) is 0 Å². The predicted octanol–water partition coefficient (Wildman–Crippen LogP) is 1.78. The first-order valence-electron chi connectivity index (χ1n) is 4.39. The lowest BCUT2D eigenvalue weighted by atomic mass is 10.1. The molecule has 1 atom stereocenters. The molecule has 0 spiro atoms. The maximum atomic E-state index is 9.78. The fourth-order valence-electron chi connectivity index (χ4n) is 1.73. The summed E-state index contributed by atoms with van der Waals surface area (Å²) in [5.74, 6) is 0. The lowest BCUT2D eigenvalue weighted by Gasteiger charge is -2.28. The maximum absolute atomic E-state index is 9.78. The van der Waals surface area contributed by atoms with Crippen molar-refractivity contribution in [3.63, 3.8) is 0 Å². The Bertz CT molecular complexity index is 308. The van der Waals surface area contributed by atoms with Crippen LogP contribution in [0.1, 0.15) is 16.5 Å². The van der Waals surface area contributed by atoms with Gasteiger partial charge in [0.2, 0.25) is 0 Å². The SMILES string of the molecule is C=CCN1Cc2ccsc2C(O)C1. The van der Waals surface area contributed by atoms with Gasteiger partial charge in [-0.1, -0.05) is 6.08 Å². The zero-order valence-corrected chi connectivity index (χ0v) is 8.26. The second-order valence-corrected chi connectivity index (χ2v) is 4.26. The fraction of sp³-hybridized carbons (Fsp3) is 0.400. The highest BCUT2D eigenvalue weighted by Gasteiger charge is 2.23. The van der Waals surface area contributed by atoms with Crippen molar-refractivity contribution >= 4 is 11.3 Å². The Morgan fingerprint density at radius 2 is 2.62 bits per heavy atom. The zero-order chi connectivity index (χ0) is 9.26. The first-order chi connectivity index (χ1) is 6.31. The molecule has 0 amide bonds. The van der Waals surface area contributed by atoms with E-state index in [0.29, 0.717) is 0 Å². The van der Waals surface area contributed by atoms with E-state index in [1.165, 1.54) is 5.56 Å². The summed E-state index contributed by atoms with van der Waals surface area (Å²) in [5.41, 5.74) is 1.27. The molecule has 3 heteroatoms. The third kappa shape index (κ3) is 1.68. The molecule has 2 heterocycles. The highest BCUT2D eigenvalue weighted by Crippen LogP contribution is 2.30. The summed E-state index contributed by atoms with van der Waals surface area (Å²) in [6, 6.07) is 2.10. The second-order valence-electron chi connectivity index (χ2n) is 3.31. The molecule has 1 unspecified atom stereocenters. The minimum atomic E-state index is -0.302. The fourth-order valence-corrected chi connectivity index (χ4v) is 2.62. The Morgan fingerprint density at radius 1 is 1.77 bits per heavy atom. The topological polar surface area (TPSA) is 23.5 Å². The van der Waals surface area contributed by atoms with Crippen molar-refractivity contribution in [3.05, 3.63) is 34.5 Å². The highest BCUT2D eigenvalue weighted by atomic mass is 32.1. The van der Waals surface area contributed by atoms with Crippen molar-refractivity contribution in [2.24, 2.45) is 0 Å². The molecule has 1 aliphatic rings. The Labute approximate surface area is 82.1 Å². The van der Waals surface area contributed by atoms with Crippen LogP contribution in [0.2, 0.25) is 0 Å². The smallest absolute Gasteiger partial charge is 0.101 e. The molecule has 0 bridgehead atoms. The number of fused-ring (bicyclic) bond motifs is 1. The van der Waals surface area contributed by atoms with Crippen LogP contribution in [0.15, 0.2) is 24.1 Å². The Kier molecular flexibility index (Phi) is 2.49. The molecule has 0 fully saturated rings. The van der Waals surface area contributed by atoms with E-state index in [1.807, 2.05) is 11.5 Å². The summed E-state index contributed by atoms with van der Waals surface area (Å²) in [7, 11) is 0. The third-order valence-electron chi connectivity index (χ3n) is 2.30. The summed E-state index contributed by atoms with van der Waals surface area (Å²) >= 11 is 1.65. The van der Waals surface area contributed by atoms with Gasteiger partial charge in [-0.3, -0.25) is 4.90 Å². The monoisotopic (exact) mass is 195 g/mol. The molecular formula is C10H13NOS. The minimum absolute atomic E-state index is 0.302. The Balaban J connectivity index is 2.18. The molecule has 0 saturated heterocycles.